The van der Waals surface area contributed by atoms with Crippen molar-refractivity contribution in [1.29, 1.82) is 0 Å². The number of ether oxygens (including phenoxy) is 2. The molecule has 1 aromatic carbocycles. The Morgan fingerprint density at radius 3 is 1.69 bits per heavy atom. The van der Waals surface area contributed by atoms with Gasteiger partial charge in [-0.25, -0.2) is 9.59 Å². The van der Waals surface area contributed by atoms with Crippen LogP contribution in [0.25, 0.3) is 0 Å². The molecule has 0 saturated carbocycles. The third kappa shape index (κ3) is 8.60. The molecule has 0 spiro atoms. The molecule has 3 atom stereocenters. The van der Waals surface area contributed by atoms with Crippen molar-refractivity contribution in [3.63, 3.8) is 0 Å². The average molecular weight is 447 g/mol. The third-order valence-electron chi connectivity index (χ3n) is 7.04. The zero-order valence-corrected chi connectivity index (χ0v) is 21.3. The monoisotopic (exact) mass is 446 g/mol. The molecule has 0 aliphatic heterocycles. The van der Waals surface area contributed by atoms with Gasteiger partial charge in [0.15, 0.2) is 0 Å². The largest absolute Gasteiger partial charge is 0.462 e. The first-order valence-corrected chi connectivity index (χ1v) is 12.9. The molecule has 0 fully saturated rings. The van der Waals surface area contributed by atoms with Crippen molar-refractivity contribution in [2.75, 3.05) is 13.2 Å². The highest BCUT2D eigenvalue weighted by Crippen LogP contribution is 2.32. The van der Waals surface area contributed by atoms with Crippen LogP contribution in [-0.2, 0) is 9.47 Å². The van der Waals surface area contributed by atoms with Crippen LogP contribution in [0.15, 0.2) is 24.3 Å². The van der Waals surface area contributed by atoms with E-state index in [-0.39, 0.29) is 0 Å². The van der Waals surface area contributed by atoms with Gasteiger partial charge in [0.1, 0.15) is 0 Å². The third-order valence-corrected chi connectivity index (χ3v) is 7.04. The van der Waals surface area contributed by atoms with Crippen LogP contribution in [0.4, 0.5) is 0 Å². The molecule has 0 heterocycles. The highest BCUT2D eigenvalue weighted by atomic mass is 16.5. The summed E-state index contributed by atoms with van der Waals surface area (Å²) in [5, 5.41) is 0. The van der Waals surface area contributed by atoms with Gasteiger partial charge in [0.2, 0.25) is 0 Å². The maximum absolute atomic E-state index is 12.9. The lowest BCUT2D eigenvalue weighted by Gasteiger charge is -2.31. The molecule has 4 heteroatoms. The summed E-state index contributed by atoms with van der Waals surface area (Å²) in [6.45, 7) is 13.9. The maximum Gasteiger partial charge on any atom is 0.339 e. The minimum absolute atomic E-state index is 0.294. The number of carbonyl (C=O) groups excluding carboxylic acids is 2. The molecule has 1 aromatic rings. The molecule has 0 amide bonds. The molecule has 0 aliphatic carbocycles. The van der Waals surface area contributed by atoms with Gasteiger partial charge in [0.05, 0.1) is 24.3 Å². The molecule has 3 unspecified atom stereocenters. The van der Waals surface area contributed by atoms with Crippen molar-refractivity contribution in [1.82, 2.24) is 0 Å². The van der Waals surface area contributed by atoms with Crippen molar-refractivity contribution in [2.45, 2.75) is 92.9 Å². The van der Waals surface area contributed by atoms with Gasteiger partial charge in [0.25, 0.3) is 0 Å². The van der Waals surface area contributed by atoms with Gasteiger partial charge in [-0.05, 0) is 48.6 Å². The lowest BCUT2D eigenvalue weighted by Crippen LogP contribution is -2.27. The number of benzene rings is 1. The molecule has 32 heavy (non-hydrogen) atoms. The van der Waals surface area contributed by atoms with E-state index in [0.29, 0.717) is 48.0 Å². The van der Waals surface area contributed by atoms with Crippen LogP contribution in [-0.4, -0.2) is 25.2 Å². The van der Waals surface area contributed by atoms with E-state index < -0.39 is 11.9 Å². The minimum atomic E-state index is -0.442. The number of esters is 2. The first-order valence-electron chi connectivity index (χ1n) is 12.9. The average Bonchev–Trinajstić information content (AvgIpc) is 2.83. The Morgan fingerprint density at radius 2 is 1.25 bits per heavy atom. The minimum Gasteiger partial charge on any atom is -0.462 e. The fourth-order valence-electron chi connectivity index (χ4n) is 4.76. The smallest absolute Gasteiger partial charge is 0.339 e. The molecule has 0 aromatic heterocycles. The van der Waals surface area contributed by atoms with Gasteiger partial charge >= 0.3 is 11.9 Å². The van der Waals surface area contributed by atoms with Crippen molar-refractivity contribution in [2.24, 2.45) is 23.7 Å². The lowest BCUT2D eigenvalue weighted by molar-refractivity contribution is 0.0314. The van der Waals surface area contributed by atoms with Crippen LogP contribution in [0.3, 0.4) is 0 Å². The highest BCUT2D eigenvalue weighted by Gasteiger charge is 2.27. The predicted molar refractivity (Wildman–Crippen MR) is 132 cm³/mol. The molecule has 0 saturated heterocycles. The van der Waals surface area contributed by atoms with E-state index in [1.54, 1.807) is 24.3 Å². The normalized spacial score (nSPS) is 14.1. The quantitative estimate of drug-likeness (QED) is 0.244. The molecule has 0 N–H and O–H groups in total. The summed E-state index contributed by atoms with van der Waals surface area (Å²) in [5.74, 6) is 0.995. The van der Waals surface area contributed by atoms with Crippen molar-refractivity contribution in [3.8, 4) is 0 Å². The summed E-state index contributed by atoms with van der Waals surface area (Å²) in [7, 11) is 0. The topological polar surface area (TPSA) is 52.6 Å². The van der Waals surface area contributed by atoms with E-state index in [0.717, 1.165) is 51.4 Å². The van der Waals surface area contributed by atoms with Crippen LogP contribution in [0, 0.1) is 23.7 Å². The fourth-order valence-corrected chi connectivity index (χ4v) is 4.76. The molecule has 0 bridgehead atoms. The number of rotatable bonds is 16. The first kappa shape index (κ1) is 28.2. The van der Waals surface area contributed by atoms with Gasteiger partial charge in [-0.1, -0.05) is 92.2 Å². The Labute approximate surface area is 196 Å². The lowest BCUT2D eigenvalue weighted by atomic mass is 9.76. The summed E-state index contributed by atoms with van der Waals surface area (Å²) < 4.78 is 11.3. The van der Waals surface area contributed by atoms with Crippen LogP contribution in [0.5, 0.6) is 0 Å². The van der Waals surface area contributed by atoms with Crippen LogP contribution in [0.1, 0.15) is 114 Å². The molecular formula is C28H46O4. The van der Waals surface area contributed by atoms with Gasteiger partial charge in [-0.3, -0.25) is 0 Å². The van der Waals surface area contributed by atoms with Crippen molar-refractivity contribution < 1.29 is 19.1 Å². The molecule has 0 radical (unpaired) electrons. The standard InChI is InChI=1S/C28H46O4/c1-7-13-16-21(8-2)19-31-27(29)25-17-14-15-18-26(25)28(30)32-20-23(11-5)24(12-6)22(9-3)10-4/h14-15,17-18,21-24H,7-13,16,19-20H2,1-6H3. The summed E-state index contributed by atoms with van der Waals surface area (Å²) in [6, 6.07) is 6.84. The Morgan fingerprint density at radius 1 is 0.719 bits per heavy atom. The SMILES string of the molecule is CCCCC(CC)COC(=O)c1ccccc1C(=O)OCC(CC)C(CC)C(CC)CC. The first-order chi connectivity index (χ1) is 15.5. The van der Waals surface area contributed by atoms with Gasteiger partial charge < -0.3 is 9.47 Å². The van der Waals surface area contributed by atoms with E-state index in [1.807, 2.05) is 0 Å². The highest BCUT2D eigenvalue weighted by molar-refractivity contribution is 6.03. The second-order valence-electron chi connectivity index (χ2n) is 8.98. The molecule has 1 rings (SSSR count). The van der Waals surface area contributed by atoms with Crippen LogP contribution in [0.2, 0.25) is 0 Å². The van der Waals surface area contributed by atoms with Gasteiger partial charge in [-0.15, -0.1) is 0 Å². The van der Waals surface area contributed by atoms with Crippen molar-refractivity contribution >= 4 is 11.9 Å². The summed E-state index contributed by atoms with van der Waals surface area (Å²) in [6.07, 6.45) is 8.64. The molecule has 0 aliphatic rings. The summed E-state index contributed by atoms with van der Waals surface area (Å²) in [5.41, 5.74) is 0.590. The molecular weight excluding hydrogens is 400 g/mol. The van der Waals surface area contributed by atoms with E-state index in [9.17, 15) is 9.59 Å². The van der Waals surface area contributed by atoms with E-state index in [1.165, 1.54) is 0 Å². The summed E-state index contributed by atoms with van der Waals surface area (Å²) >= 11 is 0. The van der Waals surface area contributed by atoms with E-state index >= 15 is 0 Å². The van der Waals surface area contributed by atoms with E-state index in [4.69, 9.17) is 9.47 Å². The predicted octanol–water partition coefficient (Wildman–Crippen LogP) is 7.71. The number of unbranched alkanes of at least 4 members (excludes halogenated alkanes) is 1. The van der Waals surface area contributed by atoms with Crippen LogP contribution >= 0.6 is 0 Å². The van der Waals surface area contributed by atoms with Gasteiger partial charge in [-0.2, -0.15) is 0 Å². The van der Waals surface area contributed by atoms with Gasteiger partial charge in [0, 0.05) is 0 Å². The molecule has 4 nitrogen and oxygen atoms in total. The number of hydrogen-bond acceptors (Lipinski definition) is 4. The Hall–Kier alpha value is -1.84. The zero-order chi connectivity index (χ0) is 23.9. The summed E-state index contributed by atoms with van der Waals surface area (Å²) in [4.78, 5) is 25.7. The Balaban J connectivity index is 2.83. The fraction of sp³-hybridized carbons (Fsp3) is 0.714. The number of carbonyl (C=O) groups is 2. The maximum atomic E-state index is 12.9. The number of hydrogen-bond donors (Lipinski definition) is 0. The Bertz CT molecular complexity index is 665. The second-order valence-corrected chi connectivity index (χ2v) is 8.98. The van der Waals surface area contributed by atoms with E-state index in [2.05, 4.69) is 41.5 Å². The second kappa shape index (κ2) is 15.9. The van der Waals surface area contributed by atoms with Crippen LogP contribution < -0.4 is 0 Å². The molecule has 182 valence electrons. The Kier molecular flexibility index (Phi) is 14.0. The zero-order valence-electron chi connectivity index (χ0n) is 21.3. The van der Waals surface area contributed by atoms with Crippen molar-refractivity contribution in [3.05, 3.63) is 35.4 Å².